The highest BCUT2D eigenvalue weighted by atomic mass is 35.5. The van der Waals surface area contributed by atoms with Crippen LogP contribution in [0.15, 0.2) is 36.0 Å². The van der Waals surface area contributed by atoms with E-state index in [4.69, 9.17) is 11.6 Å². The van der Waals surface area contributed by atoms with Crippen molar-refractivity contribution in [3.63, 3.8) is 0 Å². The van der Waals surface area contributed by atoms with Crippen molar-refractivity contribution in [1.82, 2.24) is 14.5 Å². The smallest absolute Gasteiger partial charge is 0.271 e. The molecule has 1 aromatic carbocycles. The summed E-state index contributed by atoms with van der Waals surface area (Å²) in [4.78, 5) is 28.5. The third-order valence-electron chi connectivity index (χ3n) is 5.31. The molecule has 2 amide bonds. The number of hydrogen-bond donors (Lipinski definition) is 1. The Bertz CT molecular complexity index is 893. The molecule has 1 aromatic rings. The number of carbonyl (C=O) groups is 2. The van der Waals surface area contributed by atoms with E-state index in [1.165, 1.54) is 11.0 Å². The predicted octanol–water partition coefficient (Wildman–Crippen LogP) is 1.93. The van der Waals surface area contributed by atoms with Crippen molar-refractivity contribution in [3.8, 4) is 0 Å². The first-order valence-electron chi connectivity index (χ1n) is 9.82. The second-order valence-corrected chi connectivity index (χ2v) is 9.71. The molecule has 0 spiro atoms. The lowest BCUT2D eigenvalue weighted by molar-refractivity contribution is -0.142. The van der Waals surface area contributed by atoms with Gasteiger partial charge in [0.15, 0.2) is 0 Å². The summed E-state index contributed by atoms with van der Waals surface area (Å²) in [6.07, 6.45) is 4.90. The van der Waals surface area contributed by atoms with Crippen molar-refractivity contribution < 1.29 is 18.0 Å². The number of piperidine rings is 1. The topological polar surface area (TPSA) is 86.8 Å². The Hall–Kier alpha value is -2.06. The molecule has 3 rings (SSSR count). The second-order valence-electron chi connectivity index (χ2n) is 7.43. The monoisotopic (exact) mass is 439 g/mol. The van der Waals surface area contributed by atoms with Crippen molar-refractivity contribution in [2.75, 3.05) is 25.4 Å². The van der Waals surface area contributed by atoms with Crippen LogP contribution < -0.4 is 4.72 Å². The number of rotatable bonds is 7. The van der Waals surface area contributed by atoms with Gasteiger partial charge in [-0.3, -0.25) is 14.3 Å². The zero-order valence-corrected chi connectivity index (χ0v) is 18.0. The number of nitrogens with zero attached hydrogens (tertiary/aromatic N) is 2. The van der Waals surface area contributed by atoms with Crippen LogP contribution in [0.2, 0.25) is 5.02 Å². The molecule has 0 aliphatic carbocycles. The predicted molar refractivity (Wildman–Crippen MR) is 112 cm³/mol. The van der Waals surface area contributed by atoms with E-state index in [2.05, 4.69) is 4.72 Å². The lowest BCUT2D eigenvalue weighted by atomic mass is 10.1. The Balaban J connectivity index is 1.55. The molecule has 0 aromatic heterocycles. The van der Waals surface area contributed by atoms with Crippen molar-refractivity contribution in [1.29, 1.82) is 0 Å². The molecule has 0 bridgehead atoms. The normalized spacial score (nSPS) is 18.6. The van der Waals surface area contributed by atoms with Crippen LogP contribution in [0.5, 0.6) is 0 Å². The van der Waals surface area contributed by atoms with Gasteiger partial charge in [0.05, 0.1) is 5.75 Å². The first-order valence-corrected chi connectivity index (χ1v) is 11.8. The molecular formula is C20H26ClN3O4S. The Labute approximate surface area is 176 Å². The van der Waals surface area contributed by atoms with Crippen LogP contribution in [0.1, 0.15) is 31.7 Å². The second kappa shape index (κ2) is 9.17. The van der Waals surface area contributed by atoms with Crippen LogP contribution in [-0.2, 0) is 26.0 Å². The van der Waals surface area contributed by atoms with Crippen LogP contribution in [-0.4, -0.2) is 61.5 Å². The van der Waals surface area contributed by atoms with Crippen LogP contribution in [0.4, 0.5) is 0 Å². The molecule has 1 fully saturated rings. The van der Waals surface area contributed by atoms with Crippen molar-refractivity contribution in [2.45, 2.75) is 38.6 Å². The first-order chi connectivity index (χ1) is 13.8. The minimum atomic E-state index is -3.69. The fraction of sp³-hybridized carbons (Fsp3) is 0.500. The third-order valence-corrected chi connectivity index (χ3v) is 6.84. The number of aryl methyl sites for hydroxylation is 1. The van der Waals surface area contributed by atoms with Gasteiger partial charge >= 0.3 is 0 Å². The molecule has 2 aliphatic heterocycles. The number of carbonyl (C=O) groups excluding carboxylic acids is 2. The summed E-state index contributed by atoms with van der Waals surface area (Å²) >= 11 is 5.83. The number of benzene rings is 1. The zero-order valence-electron chi connectivity index (χ0n) is 16.4. The molecule has 0 unspecified atom stereocenters. The Morgan fingerprint density at radius 3 is 2.48 bits per heavy atom. The quantitative estimate of drug-likeness (QED) is 0.703. The summed E-state index contributed by atoms with van der Waals surface area (Å²) in [6.45, 7) is 3.33. The van der Waals surface area contributed by atoms with Crippen LogP contribution >= 0.6 is 11.6 Å². The van der Waals surface area contributed by atoms with E-state index in [0.717, 1.165) is 24.8 Å². The number of sulfonamides is 1. The molecule has 1 atom stereocenters. The molecule has 7 nitrogen and oxygen atoms in total. The van der Waals surface area contributed by atoms with Gasteiger partial charge in [-0.15, -0.1) is 0 Å². The molecular weight excluding hydrogens is 414 g/mol. The molecule has 29 heavy (non-hydrogen) atoms. The summed E-state index contributed by atoms with van der Waals surface area (Å²) in [7, 11) is -3.69. The molecule has 1 N–H and O–H groups in total. The van der Waals surface area contributed by atoms with Crippen molar-refractivity contribution >= 4 is 33.4 Å². The summed E-state index contributed by atoms with van der Waals surface area (Å²) < 4.78 is 27.2. The SMILES string of the molecule is C[C@@H](C(=O)N1CCCCC1)N1CC=C(NS(=O)(=O)CCc2ccc(Cl)cc2)C1=O. The van der Waals surface area contributed by atoms with Crippen molar-refractivity contribution in [3.05, 3.63) is 46.6 Å². The Morgan fingerprint density at radius 1 is 1.17 bits per heavy atom. The van der Waals surface area contributed by atoms with E-state index in [1.807, 2.05) is 0 Å². The minimum absolute atomic E-state index is 0.0133. The molecule has 2 aliphatic rings. The minimum Gasteiger partial charge on any atom is -0.341 e. The van der Waals surface area contributed by atoms with Gasteiger partial charge in [0.25, 0.3) is 5.91 Å². The van der Waals surface area contributed by atoms with Gasteiger partial charge in [-0.25, -0.2) is 8.42 Å². The number of nitrogens with one attached hydrogen (secondary N) is 1. The van der Waals surface area contributed by atoms with Gasteiger partial charge in [-0.05, 0) is 56.4 Å². The zero-order chi connectivity index (χ0) is 21.0. The van der Waals surface area contributed by atoms with E-state index in [1.54, 1.807) is 36.1 Å². The molecule has 0 radical (unpaired) electrons. The molecule has 1 saturated heterocycles. The van der Waals surface area contributed by atoms with E-state index < -0.39 is 22.0 Å². The Morgan fingerprint density at radius 2 is 1.83 bits per heavy atom. The highest BCUT2D eigenvalue weighted by Crippen LogP contribution is 2.18. The lowest BCUT2D eigenvalue weighted by Gasteiger charge is -2.32. The number of hydrogen-bond acceptors (Lipinski definition) is 4. The fourth-order valence-electron chi connectivity index (χ4n) is 3.57. The molecule has 158 valence electrons. The third kappa shape index (κ3) is 5.51. The van der Waals surface area contributed by atoms with Crippen molar-refractivity contribution in [2.24, 2.45) is 0 Å². The first kappa shape index (κ1) is 21.6. The summed E-state index contributed by atoms with van der Waals surface area (Å²) in [5, 5.41) is 0.588. The maximum atomic E-state index is 12.7. The molecule has 0 saturated carbocycles. The summed E-state index contributed by atoms with van der Waals surface area (Å²) in [5.41, 5.74) is 0.855. The molecule has 2 heterocycles. The average molecular weight is 440 g/mol. The standard InChI is InChI=1S/C20H26ClN3O4S/c1-15(19(25)23-11-3-2-4-12-23)24-13-9-18(20(24)26)22-29(27,28)14-10-16-5-7-17(21)8-6-16/h5-9,15,22H,2-4,10-14H2,1H3/t15-/m0/s1. The Kier molecular flexibility index (Phi) is 6.85. The lowest BCUT2D eigenvalue weighted by Crippen LogP contribution is -2.50. The number of amides is 2. The van der Waals surface area contributed by atoms with Crippen LogP contribution in [0.25, 0.3) is 0 Å². The average Bonchev–Trinajstić information content (AvgIpc) is 3.06. The van der Waals surface area contributed by atoms with Gasteiger partial charge < -0.3 is 9.80 Å². The maximum absolute atomic E-state index is 12.7. The fourth-order valence-corrected chi connectivity index (χ4v) is 4.81. The highest BCUT2D eigenvalue weighted by molar-refractivity contribution is 7.89. The van der Waals surface area contributed by atoms with Gasteiger partial charge in [-0.2, -0.15) is 0 Å². The maximum Gasteiger partial charge on any atom is 0.271 e. The number of halogens is 1. The van der Waals surface area contributed by atoms with Crippen LogP contribution in [0.3, 0.4) is 0 Å². The largest absolute Gasteiger partial charge is 0.341 e. The summed E-state index contributed by atoms with van der Waals surface area (Å²) in [6, 6.07) is 6.34. The molecule has 9 heteroatoms. The van der Waals surface area contributed by atoms with Gasteiger partial charge in [0.1, 0.15) is 11.7 Å². The summed E-state index contributed by atoms with van der Waals surface area (Å²) in [5.74, 6) is -0.696. The highest BCUT2D eigenvalue weighted by Gasteiger charge is 2.35. The van der Waals surface area contributed by atoms with E-state index >= 15 is 0 Å². The van der Waals surface area contributed by atoms with E-state index in [-0.39, 0.29) is 23.9 Å². The van der Waals surface area contributed by atoms with Crippen LogP contribution in [0, 0.1) is 0 Å². The van der Waals surface area contributed by atoms with E-state index in [0.29, 0.717) is 24.5 Å². The number of likely N-dealkylation sites (tertiary alicyclic amines) is 1. The van der Waals surface area contributed by atoms with Gasteiger partial charge in [0, 0.05) is 24.7 Å². The van der Waals surface area contributed by atoms with Gasteiger partial charge in [-0.1, -0.05) is 23.7 Å². The van der Waals surface area contributed by atoms with E-state index in [9.17, 15) is 18.0 Å². The van der Waals surface area contributed by atoms with Gasteiger partial charge in [0.2, 0.25) is 15.9 Å².